The minimum atomic E-state index is -3.16. The Balaban J connectivity index is 2.13. The Hall–Kier alpha value is -0.420. The first-order valence-electron chi connectivity index (χ1n) is 6.71. The molecule has 4 nitrogen and oxygen atoms in total. The second kappa shape index (κ2) is 4.93. The third-order valence-electron chi connectivity index (χ3n) is 4.56. The van der Waals surface area contributed by atoms with E-state index in [1.807, 2.05) is 0 Å². The molecule has 1 saturated carbocycles. The molecule has 0 aromatic rings. The Labute approximate surface area is 109 Å². The van der Waals surface area contributed by atoms with Crippen LogP contribution < -0.4 is 0 Å². The van der Waals surface area contributed by atoms with Gasteiger partial charge in [0.05, 0.1) is 17.6 Å². The summed E-state index contributed by atoms with van der Waals surface area (Å²) in [5.41, 5.74) is 0. The number of ketones is 1. The summed E-state index contributed by atoms with van der Waals surface area (Å²) in [4.78, 5) is 12.0. The van der Waals surface area contributed by atoms with Gasteiger partial charge in [-0.05, 0) is 24.7 Å². The maximum Gasteiger partial charge on any atom is 0.153 e. The van der Waals surface area contributed by atoms with Crippen molar-refractivity contribution in [1.82, 2.24) is 0 Å². The van der Waals surface area contributed by atoms with Gasteiger partial charge in [0.1, 0.15) is 5.78 Å². The molecular weight excluding hydrogens is 252 g/mol. The van der Waals surface area contributed by atoms with Crippen LogP contribution in [0.3, 0.4) is 0 Å². The lowest BCUT2D eigenvalue weighted by Crippen LogP contribution is -2.37. The van der Waals surface area contributed by atoms with Crippen LogP contribution in [0, 0.1) is 23.7 Å². The van der Waals surface area contributed by atoms with Crippen LogP contribution in [0.4, 0.5) is 0 Å². The first-order chi connectivity index (χ1) is 8.30. The van der Waals surface area contributed by atoms with Crippen molar-refractivity contribution in [3.8, 4) is 0 Å². The SMILES string of the molecule is CC(C)C1CCC(=O)C(C2CS(=O)(=O)CC2O)C1. The molecule has 1 saturated heterocycles. The zero-order chi connectivity index (χ0) is 13.5. The molecule has 1 aliphatic carbocycles. The minimum absolute atomic E-state index is 0.0185. The molecule has 1 aliphatic heterocycles. The monoisotopic (exact) mass is 274 g/mol. The van der Waals surface area contributed by atoms with Crippen LogP contribution in [0.25, 0.3) is 0 Å². The molecule has 0 radical (unpaired) electrons. The highest BCUT2D eigenvalue weighted by atomic mass is 32.2. The molecule has 0 aromatic carbocycles. The lowest BCUT2D eigenvalue weighted by Gasteiger charge is -2.34. The fourth-order valence-corrected chi connectivity index (χ4v) is 5.29. The molecule has 1 N–H and O–H groups in total. The van der Waals surface area contributed by atoms with E-state index < -0.39 is 15.9 Å². The topological polar surface area (TPSA) is 71.4 Å². The fourth-order valence-electron chi connectivity index (χ4n) is 3.35. The minimum Gasteiger partial charge on any atom is -0.392 e. The lowest BCUT2D eigenvalue weighted by atomic mass is 9.70. The summed E-state index contributed by atoms with van der Waals surface area (Å²) in [6, 6.07) is 0. The van der Waals surface area contributed by atoms with E-state index in [2.05, 4.69) is 13.8 Å². The van der Waals surface area contributed by atoms with Gasteiger partial charge in [-0.25, -0.2) is 8.42 Å². The molecule has 0 spiro atoms. The molecule has 18 heavy (non-hydrogen) atoms. The van der Waals surface area contributed by atoms with Gasteiger partial charge in [0, 0.05) is 18.3 Å². The van der Waals surface area contributed by atoms with Gasteiger partial charge in [-0.15, -0.1) is 0 Å². The van der Waals surface area contributed by atoms with Crippen LogP contribution in [0.5, 0.6) is 0 Å². The van der Waals surface area contributed by atoms with Gasteiger partial charge in [-0.1, -0.05) is 13.8 Å². The molecule has 2 rings (SSSR count). The van der Waals surface area contributed by atoms with Crippen LogP contribution in [0.1, 0.15) is 33.1 Å². The molecular formula is C13H22O4S. The zero-order valence-electron chi connectivity index (χ0n) is 11.0. The van der Waals surface area contributed by atoms with Crippen molar-refractivity contribution in [2.24, 2.45) is 23.7 Å². The molecule has 4 unspecified atom stereocenters. The average molecular weight is 274 g/mol. The normalized spacial score (nSPS) is 40.3. The van der Waals surface area contributed by atoms with Crippen LogP contribution in [0.15, 0.2) is 0 Å². The van der Waals surface area contributed by atoms with E-state index in [4.69, 9.17) is 0 Å². The molecule has 0 aromatic heterocycles. The summed E-state index contributed by atoms with van der Waals surface area (Å²) >= 11 is 0. The van der Waals surface area contributed by atoms with Crippen LogP contribution >= 0.6 is 0 Å². The van der Waals surface area contributed by atoms with E-state index in [9.17, 15) is 18.3 Å². The smallest absolute Gasteiger partial charge is 0.153 e. The quantitative estimate of drug-likeness (QED) is 0.816. The third kappa shape index (κ3) is 2.77. The number of Topliss-reactive ketones (excluding diaryl/α,β-unsaturated/α-hetero) is 1. The number of carbonyl (C=O) groups excluding carboxylic acids is 1. The summed E-state index contributed by atoms with van der Waals surface area (Å²) in [6.45, 7) is 4.28. The predicted octanol–water partition coefficient (Wildman–Crippen LogP) is 1.03. The Morgan fingerprint density at radius 2 is 1.94 bits per heavy atom. The van der Waals surface area contributed by atoms with E-state index in [0.717, 1.165) is 12.8 Å². The van der Waals surface area contributed by atoms with E-state index in [1.165, 1.54) is 0 Å². The third-order valence-corrected chi connectivity index (χ3v) is 6.30. The Morgan fingerprint density at radius 3 is 2.44 bits per heavy atom. The first kappa shape index (κ1) is 14.0. The maximum absolute atomic E-state index is 12.0. The molecule has 2 aliphatic rings. The van der Waals surface area contributed by atoms with Gasteiger partial charge in [-0.3, -0.25) is 4.79 Å². The standard InChI is InChI=1S/C13H22O4S/c1-8(2)9-3-4-12(14)10(5-9)11-6-18(16,17)7-13(11)15/h8-11,13,15H,3-7H2,1-2H3. The number of rotatable bonds is 2. The van der Waals surface area contributed by atoms with Crippen molar-refractivity contribution in [2.75, 3.05) is 11.5 Å². The largest absolute Gasteiger partial charge is 0.392 e. The number of aliphatic hydroxyl groups excluding tert-OH is 1. The zero-order valence-corrected chi connectivity index (χ0v) is 11.8. The second-order valence-corrected chi connectivity index (χ2v) is 8.31. The molecule has 1 heterocycles. The highest BCUT2D eigenvalue weighted by molar-refractivity contribution is 7.91. The van der Waals surface area contributed by atoms with Crippen molar-refractivity contribution < 1.29 is 18.3 Å². The van der Waals surface area contributed by atoms with Gasteiger partial charge in [0.2, 0.25) is 0 Å². The van der Waals surface area contributed by atoms with E-state index >= 15 is 0 Å². The first-order valence-corrected chi connectivity index (χ1v) is 8.53. The predicted molar refractivity (Wildman–Crippen MR) is 68.8 cm³/mol. The maximum atomic E-state index is 12.0. The number of sulfone groups is 1. The molecule has 0 amide bonds. The van der Waals surface area contributed by atoms with Crippen molar-refractivity contribution in [2.45, 2.75) is 39.2 Å². The van der Waals surface area contributed by atoms with Crippen LogP contribution in [-0.4, -0.2) is 36.9 Å². The summed E-state index contributed by atoms with van der Waals surface area (Å²) in [7, 11) is -3.16. The summed E-state index contributed by atoms with van der Waals surface area (Å²) in [5.74, 6) is 0.317. The van der Waals surface area contributed by atoms with E-state index in [1.54, 1.807) is 0 Å². The number of hydrogen-bond acceptors (Lipinski definition) is 4. The molecule has 5 heteroatoms. The van der Waals surface area contributed by atoms with Gasteiger partial charge in [0.15, 0.2) is 9.84 Å². The lowest BCUT2D eigenvalue weighted by molar-refractivity contribution is -0.129. The molecule has 2 fully saturated rings. The van der Waals surface area contributed by atoms with Crippen molar-refractivity contribution in [1.29, 1.82) is 0 Å². The second-order valence-electron chi connectivity index (χ2n) is 6.16. The van der Waals surface area contributed by atoms with Gasteiger partial charge >= 0.3 is 0 Å². The number of aliphatic hydroxyl groups is 1. The van der Waals surface area contributed by atoms with Gasteiger partial charge < -0.3 is 5.11 Å². The molecule has 104 valence electrons. The highest BCUT2D eigenvalue weighted by Crippen LogP contribution is 2.39. The van der Waals surface area contributed by atoms with Crippen LogP contribution in [-0.2, 0) is 14.6 Å². The summed E-state index contributed by atoms with van der Waals surface area (Å²) in [5, 5.41) is 9.89. The van der Waals surface area contributed by atoms with Crippen molar-refractivity contribution >= 4 is 15.6 Å². The van der Waals surface area contributed by atoms with E-state index in [0.29, 0.717) is 18.3 Å². The Bertz CT molecular complexity index is 426. The van der Waals surface area contributed by atoms with Gasteiger partial charge in [-0.2, -0.15) is 0 Å². The molecule has 4 atom stereocenters. The Kier molecular flexibility index (Phi) is 3.83. The number of hydrogen-bond donors (Lipinski definition) is 1. The number of carbonyl (C=O) groups is 1. The van der Waals surface area contributed by atoms with E-state index in [-0.39, 0.29) is 29.1 Å². The summed E-state index contributed by atoms with van der Waals surface area (Å²) < 4.78 is 23.1. The van der Waals surface area contributed by atoms with Crippen molar-refractivity contribution in [3.05, 3.63) is 0 Å². The average Bonchev–Trinajstić information content (AvgIpc) is 2.52. The van der Waals surface area contributed by atoms with Crippen LogP contribution in [0.2, 0.25) is 0 Å². The highest BCUT2D eigenvalue weighted by Gasteiger charge is 2.45. The van der Waals surface area contributed by atoms with Gasteiger partial charge in [0.25, 0.3) is 0 Å². The van der Waals surface area contributed by atoms with Crippen molar-refractivity contribution in [3.63, 3.8) is 0 Å². The summed E-state index contributed by atoms with van der Waals surface area (Å²) in [6.07, 6.45) is 1.34. The Morgan fingerprint density at radius 1 is 1.28 bits per heavy atom. The molecule has 0 bridgehead atoms. The fraction of sp³-hybridized carbons (Fsp3) is 0.923.